The maximum atomic E-state index is 9.42. The van der Waals surface area contributed by atoms with E-state index in [0.717, 1.165) is 18.1 Å². The zero-order valence-corrected chi connectivity index (χ0v) is 11.9. The van der Waals surface area contributed by atoms with Crippen LogP contribution in [-0.4, -0.2) is 56.1 Å². The molecule has 108 valence electrons. The Morgan fingerprint density at radius 2 is 2.30 bits per heavy atom. The highest BCUT2D eigenvalue weighted by Gasteiger charge is 2.34. The molecule has 2 aromatic rings. The van der Waals surface area contributed by atoms with Crippen LogP contribution < -0.4 is 4.90 Å². The molecule has 20 heavy (non-hydrogen) atoms. The Kier molecular flexibility index (Phi) is 3.10. The molecule has 1 aliphatic rings. The van der Waals surface area contributed by atoms with Gasteiger partial charge in [-0.3, -0.25) is 0 Å². The fourth-order valence-corrected chi connectivity index (χ4v) is 2.70. The number of aromatic nitrogens is 4. The Labute approximate surface area is 117 Å². The second kappa shape index (κ2) is 4.68. The summed E-state index contributed by atoms with van der Waals surface area (Å²) in [7, 11) is 0. The van der Waals surface area contributed by atoms with E-state index in [0.29, 0.717) is 12.3 Å². The van der Waals surface area contributed by atoms with Crippen LogP contribution in [0.4, 0.5) is 5.82 Å². The Balaban J connectivity index is 2.03. The maximum Gasteiger partial charge on any atom is 0.254 e. The summed E-state index contributed by atoms with van der Waals surface area (Å²) in [6, 6.07) is 1.98. The molecule has 0 spiro atoms. The molecule has 3 rings (SSSR count). The van der Waals surface area contributed by atoms with Crippen LogP contribution >= 0.6 is 0 Å². The van der Waals surface area contributed by atoms with Crippen LogP contribution in [0.25, 0.3) is 5.78 Å². The Morgan fingerprint density at radius 3 is 3.05 bits per heavy atom. The minimum Gasteiger partial charge on any atom is -0.394 e. The summed E-state index contributed by atoms with van der Waals surface area (Å²) in [6.07, 6.45) is 1.30. The number of morpholine rings is 1. The van der Waals surface area contributed by atoms with Crippen molar-refractivity contribution in [3.8, 4) is 0 Å². The highest BCUT2D eigenvalue weighted by molar-refractivity contribution is 5.48. The third-order valence-electron chi connectivity index (χ3n) is 3.37. The monoisotopic (exact) mass is 277 g/mol. The minimum atomic E-state index is -0.324. The first-order valence-corrected chi connectivity index (χ1v) is 6.69. The molecule has 1 N–H and O–H groups in total. The van der Waals surface area contributed by atoms with Gasteiger partial charge >= 0.3 is 0 Å². The number of rotatable bonds is 2. The smallest absolute Gasteiger partial charge is 0.254 e. The number of nitrogens with zero attached hydrogens (tertiary/aromatic N) is 5. The molecule has 3 heterocycles. The Hall–Kier alpha value is -1.73. The predicted octanol–water partition coefficient (Wildman–Crippen LogP) is 0.409. The van der Waals surface area contributed by atoms with Crippen molar-refractivity contribution in [2.24, 2.45) is 0 Å². The van der Waals surface area contributed by atoms with Gasteiger partial charge in [-0.2, -0.15) is 14.6 Å². The second-order valence-corrected chi connectivity index (χ2v) is 5.79. The molecule has 0 aromatic carbocycles. The lowest BCUT2D eigenvalue weighted by molar-refractivity contribution is -0.101. The van der Waals surface area contributed by atoms with Crippen LogP contribution in [-0.2, 0) is 4.74 Å². The van der Waals surface area contributed by atoms with Crippen LogP contribution in [0.2, 0.25) is 0 Å². The summed E-state index contributed by atoms with van der Waals surface area (Å²) in [4.78, 5) is 10.7. The van der Waals surface area contributed by atoms with E-state index in [1.54, 1.807) is 4.52 Å². The third kappa shape index (κ3) is 2.34. The SMILES string of the molecule is Cc1cc(N2CC(CO)OC(C)(C)C2)n2ncnc2n1. The van der Waals surface area contributed by atoms with Crippen molar-refractivity contribution in [3.05, 3.63) is 18.1 Å². The van der Waals surface area contributed by atoms with Crippen molar-refractivity contribution in [1.82, 2.24) is 19.6 Å². The number of hydrogen-bond donors (Lipinski definition) is 1. The topological polar surface area (TPSA) is 75.8 Å². The number of anilines is 1. The lowest BCUT2D eigenvalue weighted by atomic mass is 10.1. The Bertz CT molecular complexity index is 624. The van der Waals surface area contributed by atoms with Crippen molar-refractivity contribution < 1.29 is 9.84 Å². The van der Waals surface area contributed by atoms with E-state index >= 15 is 0 Å². The van der Waals surface area contributed by atoms with E-state index in [-0.39, 0.29) is 18.3 Å². The predicted molar refractivity (Wildman–Crippen MR) is 73.8 cm³/mol. The van der Waals surface area contributed by atoms with E-state index in [9.17, 15) is 5.11 Å². The fourth-order valence-electron chi connectivity index (χ4n) is 2.70. The number of fused-ring (bicyclic) bond motifs is 1. The van der Waals surface area contributed by atoms with Gasteiger partial charge in [0.1, 0.15) is 12.1 Å². The van der Waals surface area contributed by atoms with Gasteiger partial charge in [0.25, 0.3) is 5.78 Å². The van der Waals surface area contributed by atoms with Gasteiger partial charge in [0.2, 0.25) is 0 Å². The van der Waals surface area contributed by atoms with E-state index in [2.05, 4.69) is 20.0 Å². The number of aliphatic hydroxyl groups is 1. The molecular formula is C13H19N5O2. The van der Waals surface area contributed by atoms with Gasteiger partial charge < -0.3 is 14.7 Å². The van der Waals surface area contributed by atoms with Crippen molar-refractivity contribution in [2.75, 3.05) is 24.6 Å². The number of hydrogen-bond acceptors (Lipinski definition) is 6. The van der Waals surface area contributed by atoms with Gasteiger partial charge in [-0.15, -0.1) is 0 Å². The van der Waals surface area contributed by atoms with Crippen LogP contribution in [0.5, 0.6) is 0 Å². The molecule has 0 radical (unpaired) electrons. The molecule has 1 atom stereocenters. The highest BCUT2D eigenvalue weighted by atomic mass is 16.5. The lowest BCUT2D eigenvalue weighted by Crippen LogP contribution is -2.54. The summed E-state index contributed by atoms with van der Waals surface area (Å²) in [5.74, 6) is 1.52. The second-order valence-electron chi connectivity index (χ2n) is 5.79. The van der Waals surface area contributed by atoms with Gasteiger partial charge in [0.15, 0.2) is 0 Å². The van der Waals surface area contributed by atoms with Gasteiger partial charge in [-0.25, -0.2) is 4.98 Å². The number of ether oxygens (including phenoxy) is 1. The zero-order valence-electron chi connectivity index (χ0n) is 11.9. The zero-order chi connectivity index (χ0) is 14.3. The molecule has 2 aromatic heterocycles. The first-order chi connectivity index (χ1) is 9.48. The normalized spacial score (nSPS) is 22.4. The third-order valence-corrected chi connectivity index (χ3v) is 3.37. The molecule has 1 fully saturated rings. The number of aliphatic hydroxyl groups excluding tert-OH is 1. The average molecular weight is 277 g/mol. The maximum absolute atomic E-state index is 9.42. The highest BCUT2D eigenvalue weighted by Crippen LogP contribution is 2.26. The standard InChI is InChI=1S/C13H19N5O2/c1-9-4-11(18-12(16-9)14-8-15-18)17-5-10(6-19)20-13(2,3)7-17/h4,8,10,19H,5-7H2,1-3H3. The summed E-state index contributed by atoms with van der Waals surface area (Å²) in [5.41, 5.74) is 0.570. The molecule has 1 unspecified atom stereocenters. The average Bonchev–Trinajstić information content (AvgIpc) is 2.83. The molecule has 0 saturated carbocycles. The van der Waals surface area contributed by atoms with Crippen LogP contribution in [0.3, 0.4) is 0 Å². The van der Waals surface area contributed by atoms with Crippen molar-refractivity contribution >= 4 is 11.6 Å². The van der Waals surface area contributed by atoms with Gasteiger partial charge in [-0.1, -0.05) is 0 Å². The number of aryl methyl sites for hydroxylation is 1. The summed E-state index contributed by atoms with van der Waals surface area (Å²) in [6.45, 7) is 7.33. The van der Waals surface area contributed by atoms with E-state index in [4.69, 9.17) is 4.74 Å². The van der Waals surface area contributed by atoms with E-state index in [1.165, 1.54) is 6.33 Å². The van der Waals surface area contributed by atoms with Gasteiger partial charge in [0.05, 0.1) is 18.3 Å². The van der Waals surface area contributed by atoms with Crippen molar-refractivity contribution in [3.63, 3.8) is 0 Å². The minimum absolute atomic E-state index is 0.00446. The Morgan fingerprint density at radius 1 is 1.50 bits per heavy atom. The molecule has 1 aliphatic heterocycles. The largest absolute Gasteiger partial charge is 0.394 e. The molecule has 0 bridgehead atoms. The summed E-state index contributed by atoms with van der Waals surface area (Å²) >= 11 is 0. The first kappa shape index (κ1) is 13.3. The summed E-state index contributed by atoms with van der Waals surface area (Å²) < 4.78 is 7.57. The van der Waals surface area contributed by atoms with Gasteiger partial charge in [0, 0.05) is 24.8 Å². The fraction of sp³-hybridized carbons (Fsp3) is 0.615. The van der Waals surface area contributed by atoms with Crippen LogP contribution in [0.15, 0.2) is 12.4 Å². The molecule has 0 amide bonds. The summed E-state index contributed by atoms with van der Waals surface area (Å²) in [5, 5.41) is 13.6. The van der Waals surface area contributed by atoms with E-state index in [1.807, 2.05) is 26.8 Å². The van der Waals surface area contributed by atoms with Gasteiger partial charge in [-0.05, 0) is 20.8 Å². The van der Waals surface area contributed by atoms with Crippen LogP contribution in [0.1, 0.15) is 19.5 Å². The lowest BCUT2D eigenvalue weighted by Gasteiger charge is -2.43. The molecule has 1 saturated heterocycles. The van der Waals surface area contributed by atoms with Crippen molar-refractivity contribution in [2.45, 2.75) is 32.5 Å². The molecule has 0 aliphatic carbocycles. The quantitative estimate of drug-likeness (QED) is 0.857. The molecule has 7 nitrogen and oxygen atoms in total. The van der Waals surface area contributed by atoms with E-state index < -0.39 is 0 Å². The van der Waals surface area contributed by atoms with Crippen LogP contribution in [0, 0.1) is 6.92 Å². The first-order valence-electron chi connectivity index (χ1n) is 6.69. The molecule has 7 heteroatoms. The van der Waals surface area contributed by atoms with Crippen molar-refractivity contribution in [1.29, 1.82) is 0 Å². The molecular weight excluding hydrogens is 258 g/mol.